The van der Waals surface area contributed by atoms with E-state index in [1.807, 2.05) is 0 Å². The van der Waals surface area contributed by atoms with Gasteiger partial charge in [0.2, 0.25) is 0 Å². The molecule has 1 aromatic carbocycles. The first-order valence-corrected chi connectivity index (χ1v) is 6.80. The maximum absolute atomic E-state index is 13.0. The van der Waals surface area contributed by atoms with Crippen molar-refractivity contribution in [1.29, 1.82) is 0 Å². The molecule has 19 heavy (non-hydrogen) atoms. The second-order valence-electron chi connectivity index (χ2n) is 3.68. The van der Waals surface area contributed by atoms with Crippen LogP contribution in [0.3, 0.4) is 0 Å². The van der Waals surface area contributed by atoms with Gasteiger partial charge in [-0.3, -0.25) is 0 Å². The van der Waals surface area contributed by atoms with Crippen molar-refractivity contribution in [3.05, 3.63) is 49.9 Å². The molecular weight excluding hydrogens is 312 g/mol. The Kier molecular flexibility index (Phi) is 4.29. The lowest BCUT2D eigenvalue weighted by atomic mass is 10.2. The lowest BCUT2D eigenvalue weighted by molar-refractivity contribution is 0.0701. The van der Waals surface area contributed by atoms with Gasteiger partial charge >= 0.3 is 5.97 Å². The summed E-state index contributed by atoms with van der Waals surface area (Å²) in [6, 6.07) is 3.98. The number of aromatic carboxylic acids is 1. The van der Waals surface area contributed by atoms with Crippen LogP contribution in [-0.4, -0.2) is 11.1 Å². The summed E-state index contributed by atoms with van der Waals surface area (Å²) in [5.41, 5.74) is 1.00. The highest BCUT2D eigenvalue weighted by atomic mass is 35.5. The van der Waals surface area contributed by atoms with Gasteiger partial charge in [-0.15, -0.1) is 11.3 Å². The summed E-state index contributed by atoms with van der Waals surface area (Å²) in [4.78, 5) is 11.2. The van der Waals surface area contributed by atoms with E-state index in [0.717, 1.165) is 23.5 Å². The lowest BCUT2D eigenvalue weighted by Crippen LogP contribution is -2.05. The van der Waals surface area contributed by atoms with Crippen molar-refractivity contribution in [2.75, 3.05) is 5.32 Å². The average Bonchev–Trinajstić information content (AvgIpc) is 2.75. The first kappa shape index (κ1) is 14.1. The zero-order chi connectivity index (χ0) is 14.0. The predicted octanol–water partition coefficient (Wildman–Crippen LogP) is 4.50. The van der Waals surface area contributed by atoms with E-state index in [1.54, 1.807) is 11.4 Å². The van der Waals surface area contributed by atoms with Crippen LogP contribution in [0.25, 0.3) is 0 Å². The maximum atomic E-state index is 13.0. The Bertz CT molecular complexity index is 607. The number of carboxylic acids is 1. The van der Waals surface area contributed by atoms with E-state index in [9.17, 15) is 9.18 Å². The quantitative estimate of drug-likeness (QED) is 0.872. The third-order valence-electron chi connectivity index (χ3n) is 2.40. The SMILES string of the molecule is O=C(O)c1sccc1CNc1c(Cl)cc(F)cc1Cl. The molecule has 0 fully saturated rings. The fourth-order valence-electron chi connectivity index (χ4n) is 1.56. The molecule has 1 aromatic heterocycles. The molecule has 0 bridgehead atoms. The molecule has 0 aliphatic heterocycles. The van der Waals surface area contributed by atoms with Crippen molar-refractivity contribution >= 4 is 46.2 Å². The summed E-state index contributed by atoms with van der Waals surface area (Å²) in [6.45, 7) is 0.246. The van der Waals surface area contributed by atoms with Crippen LogP contribution in [0.1, 0.15) is 15.2 Å². The maximum Gasteiger partial charge on any atom is 0.346 e. The molecule has 1 heterocycles. The van der Waals surface area contributed by atoms with Crippen LogP contribution >= 0.6 is 34.5 Å². The minimum absolute atomic E-state index is 0.150. The Morgan fingerprint density at radius 1 is 1.37 bits per heavy atom. The minimum atomic E-state index is -0.983. The number of carboxylic acid groups (broad SMARTS) is 1. The first-order valence-electron chi connectivity index (χ1n) is 5.17. The fraction of sp³-hybridized carbons (Fsp3) is 0.0833. The van der Waals surface area contributed by atoms with Crippen LogP contribution in [0.2, 0.25) is 10.0 Å². The van der Waals surface area contributed by atoms with Gasteiger partial charge in [-0.1, -0.05) is 23.2 Å². The predicted molar refractivity (Wildman–Crippen MR) is 75.0 cm³/mol. The molecule has 0 unspecified atom stereocenters. The molecule has 0 radical (unpaired) electrons. The smallest absolute Gasteiger partial charge is 0.346 e. The average molecular weight is 320 g/mol. The Labute approximate surface area is 122 Å². The van der Waals surface area contributed by atoms with E-state index in [-0.39, 0.29) is 21.5 Å². The van der Waals surface area contributed by atoms with Crippen LogP contribution in [0.4, 0.5) is 10.1 Å². The highest BCUT2D eigenvalue weighted by Gasteiger charge is 2.13. The van der Waals surface area contributed by atoms with Gasteiger partial charge in [0.05, 0.1) is 15.7 Å². The Morgan fingerprint density at radius 2 is 2.00 bits per heavy atom. The topological polar surface area (TPSA) is 49.3 Å². The molecule has 0 amide bonds. The molecule has 0 spiro atoms. The van der Waals surface area contributed by atoms with E-state index in [2.05, 4.69) is 5.32 Å². The van der Waals surface area contributed by atoms with Crippen molar-refractivity contribution in [3.8, 4) is 0 Å². The van der Waals surface area contributed by atoms with E-state index in [1.165, 1.54) is 0 Å². The normalized spacial score (nSPS) is 10.5. The van der Waals surface area contributed by atoms with Crippen molar-refractivity contribution in [1.82, 2.24) is 0 Å². The molecule has 0 saturated heterocycles. The van der Waals surface area contributed by atoms with Gasteiger partial charge in [-0.05, 0) is 29.1 Å². The van der Waals surface area contributed by atoms with E-state index < -0.39 is 11.8 Å². The standard InChI is InChI=1S/C12H8Cl2FNO2S/c13-8-3-7(15)4-9(14)10(8)16-5-6-1-2-19-11(6)12(17)18/h1-4,16H,5H2,(H,17,18). The molecule has 0 atom stereocenters. The number of carbonyl (C=O) groups is 1. The molecule has 3 nitrogen and oxygen atoms in total. The van der Waals surface area contributed by atoms with E-state index in [4.69, 9.17) is 28.3 Å². The van der Waals surface area contributed by atoms with E-state index >= 15 is 0 Å². The molecule has 2 aromatic rings. The number of rotatable bonds is 4. The molecule has 7 heteroatoms. The van der Waals surface area contributed by atoms with Crippen LogP contribution in [0.5, 0.6) is 0 Å². The Balaban J connectivity index is 2.19. The molecule has 0 aliphatic carbocycles. The van der Waals surface area contributed by atoms with Crippen molar-refractivity contribution < 1.29 is 14.3 Å². The summed E-state index contributed by atoms with van der Waals surface area (Å²) in [6.07, 6.45) is 0. The largest absolute Gasteiger partial charge is 0.477 e. The van der Waals surface area contributed by atoms with Gasteiger partial charge in [0, 0.05) is 6.54 Å². The fourth-order valence-corrected chi connectivity index (χ4v) is 2.91. The Morgan fingerprint density at radius 3 is 2.58 bits per heavy atom. The number of halogens is 3. The number of anilines is 1. The molecule has 2 N–H and O–H groups in total. The molecule has 0 aliphatic rings. The highest BCUT2D eigenvalue weighted by Crippen LogP contribution is 2.32. The number of thiophene rings is 1. The number of hydrogen-bond acceptors (Lipinski definition) is 3. The van der Waals surface area contributed by atoms with Gasteiger partial charge in [-0.2, -0.15) is 0 Å². The first-order chi connectivity index (χ1) is 8.99. The minimum Gasteiger partial charge on any atom is -0.477 e. The number of nitrogens with one attached hydrogen (secondary N) is 1. The third-order valence-corrected chi connectivity index (χ3v) is 3.94. The zero-order valence-corrected chi connectivity index (χ0v) is 11.7. The molecule has 100 valence electrons. The van der Waals surface area contributed by atoms with Gasteiger partial charge in [0.1, 0.15) is 10.7 Å². The van der Waals surface area contributed by atoms with Crippen LogP contribution in [0.15, 0.2) is 23.6 Å². The summed E-state index contributed by atoms with van der Waals surface area (Å²) >= 11 is 12.9. The second-order valence-corrected chi connectivity index (χ2v) is 5.41. The van der Waals surface area contributed by atoms with E-state index in [0.29, 0.717) is 11.3 Å². The number of hydrogen-bond donors (Lipinski definition) is 2. The van der Waals surface area contributed by atoms with Crippen LogP contribution < -0.4 is 5.32 Å². The summed E-state index contributed by atoms with van der Waals surface area (Å²) in [5.74, 6) is -1.51. The monoisotopic (exact) mass is 319 g/mol. The van der Waals surface area contributed by atoms with Crippen molar-refractivity contribution in [3.63, 3.8) is 0 Å². The Hall–Kier alpha value is -1.30. The van der Waals surface area contributed by atoms with Crippen molar-refractivity contribution in [2.24, 2.45) is 0 Å². The zero-order valence-electron chi connectivity index (χ0n) is 9.41. The van der Waals surface area contributed by atoms with Gasteiger partial charge in [0.25, 0.3) is 0 Å². The number of benzene rings is 1. The molecular formula is C12H8Cl2FNO2S. The van der Waals surface area contributed by atoms with Gasteiger partial charge in [0.15, 0.2) is 0 Å². The molecule has 0 saturated carbocycles. The van der Waals surface area contributed by atoms with Crippen molar-refractivity contribution in [2.45, 2.75) is 6.54 Å². The second kappa shape index (κ2) is 5.77. The lowest BCUT2D eigenvalue weighted by Gasteiger charge is -2.10. The molecule has 2 rings (SSSR count). The summed E-state index contributed by atoms with van der Waals surface area (Å²) < 4.78 is 13.0. The highest BCUT2D eigenvalue weighted by molar-refractivity contribution is 7.12. The van der Waals surface area contributed by atoms with Crippen LogP contribution in [-0.2, 0) is 6.54 Å². The summed E-state index contributed by atoms with van der Waals surface area (Å²) in [7, 11) is 0. The third kappa shape index (κ3) is 3.18. The van der Waals surface area contributed by atoms with Gasteiger partial charge in [-0.25, -0.2) is 9.18 Å². The summed E-state index contributed by atoms with van der Waals surface area (Å²) in [5, 5.41) is 13.9. The van der Waals surface area contributed by atoms with Crippen LogP contribution in [0, 0.1) is 5.82 Å². The van der Waals surface area contributed by atoms with Gasteiger partial charge < -0.3 is 10.4 Å².